The zero-order valence-corrected chi connectivity index (χ0v) is 23.2. The first-order chi connectivity index (χ1) is 19.1. The van der Waals surface area contributed by atoms with Crippen LogP contribution in [0.15, 0.2) is 72.8 Å². The number of ketones is 2. The number of carbonyl (C=O) groups is 3. The topological polar surface area (TPSA) is 84.9 Å². The van der Waals surface area contributed by atoms with Gasteiger partial charge in [0, 0.05) is 16.8 Å². The smallest absolute Gasteiger partial charge is 0.238 e. The molecule has 3 heterocycles. The molecular formula is C33H32N2O5. The van der Waals surface area contributed by atoms with Gasteiger partial charge in [-0.05, 0) is 41.5 Å². The van der Waals surface area contributed by atoms with E-state index in [1.54, 1.807) is 18.2 Å². The first-order valence-electron chi connectivity index (χ1n) is 13.4. The van der Waals surface area contributed by atoms with Gasteiger partial charge >= 0.3 is 0 Å². The van der Waals surface area contributed by atoms with Gasteiger partial charge in [-0.3, -0.25) is 14.4 Å². The number of rotatable bonds is 5. The molecule has 1 amide bonds. The van der Waals surface area contributed by atoms with Crippen LogP contribution in [0.25, 0.3) is 6.08 Å². The number of fused-ring (bicyclic) bond motifs is 6. The van der Waals surface area contributed by atoms with Gasteiger partial charge in [0.15, 0.2) is 11.6 Å². The van der Waals surface area contributed by atoms with Crippen LogP contribution in [0.5, 0.6) is 11.5 Å². The fraction of sp³-hybridized carbons (Fsp3) is 0.303. The maximum absolute atomic E-state index is 15.0. The highest BCUT2D eigenvalue weighted by Gasteiger charge is 2.71. The van der Waals surface area contributed by atoms with Crippen molar-refractivity contribution in [3.05, 3.63) is 89.5 Å². The Hall–Kier alpha value is -4.39. The maximum Gasteiger partial charge on any atom is 0.238 e. The Morgan fingerprint density at radius 3 is 2.40 bits per heavy atom. The van der Waals surface area contributed by atoms with Crippen molar-refractivity contribution in [1.82, 2.24) is 0 Å². The van der Waals surface area contributed by atoms with Gasteiger partial charge in [0.2, 0.25) is 5.91 Å². The summed E-state index contributed by atoms with van der Waals surface area (Å²) in [6.07, 6.45) is 3.97. The van der Waals surface area contributed by atoms with Crippen molar-refractivity contribution in [2.45, 2.75) is 38.3 Å². The Balaban J connectivity index is 1.69. The maximum atomic E-state index is 15.0. The van der Waals surface area contributed by atoms with Crippen LogP contribution in [0.4, 0.5) is 11.4 Å². The molecular weight excluding hydrogens is 504 g/mol. The second-order valence-corrected chi connectivity index (χ2v) is 11.6. The highest BCUT2D eigenvalue weighted by atomic mass is 16.5. The van der Waals surface area contributed by atoms with E-state index in [9.17, 15) is 14.4 Å². The molecule has 40 heavy (non-hydrogen) atoms. The molecule has 0 radical (unpaired) electrons. The molecule has 3 aliphatic rings. The Labute approximate surface area is 233 Å². The predicted molar refractivity (Wildman–Crippen MR) is 154 cm³/mol. The molecule has 7 heteroatoms. The van der Waals surface area contributed by atoms with Gasteiger partial charge in [-0.15, -0.1) is 0 Å². The Morgan fingerprint density at radius 2 is 1.68 bits per heavy atom. The lowest BCUT2D eigenvalue weighted by molar-refractivity contribution is -0.128. The van der Waals surface area contributed by atoms with Crippen LogP contribution in [-0.2, 0) is 15.0 Å². The molecule has 3 aromatic carbocycles. The highest BCUT2D eigenvalue weighted by molar-refractivity contribution is 6.17. The van der Waals surface area contributed by atoms with Crippen LogP contribution in [-0.4, -0.2) is 43.8 Å². The lowest BCUT2D eigenvalue weighted by atomic mass is 9.63. The van der Waals surface area contributed by atoms with Crippen molar-refractivity contribution >= 4 is 34.9 Å². The number of carbonyl (C=O) groups excluding carboxylic acids is 3. The van der Waals surface area contributed by atoms with Gasteiger partial charge in [-0.1, -0.05) is 69.3 Å². The first kappa shape index (κ1) is 25.9. The first-order valence-corrected chi connectivity index (χ1v) is 13.4. The average molecular weight is 537 g/mol. The number of hydrogen-bond acceptors (Lipinski definition) is 6. The lowest BCUT2D eigenvalue weighted by Gasteiger charge is -2.38. The van der Waals surface area contributed by atoms with Crippen LogP contribution < -0.4 is 19.7 Å². The van der Waals surface area contributed by atoms with Gasteiger partial charge in [0.05, 0.1) is 31.7 Å². The van der Waals surface area contributed by atoms with Gasteiger partial charge in [0.25, 0.3) is 0 Å². The molecule has 204 valence electrons. The molecule has 0 saturated carbocycles. The molecule has 1 saturated heterocycles. The van der Waals surface area contributed by atoms with Crippen LogP contribution in [0.3, 0.4) is 0 Å². The second kappa shape index (κ2) is 9.08. The Kier molecular flexibility index (Phi) is 5.87. The quantitative estimate of drug-likeness (QED) is 0.446. The standard InChI is InChI=1S/C33H32N2O5/c1-32(2,3)30(37)28-27(29(36)21-18-20(39-4)15-16-25(21)40-5)33(22-11-7-8-12-23(22)34-31(33)38)26-17-14-19-10-6-9-13-24(19)35(26)28/h6-18,26-28H,1-5H3,(H,34,38)/t26-,27-,28-,33-/m1/s1. The number of nitrogens with zero attached hydrogens (tertiary/aromatic N) is 1. The molecule has 0 aliphatic carbocycles. The largest absolute Gasteiger partial charge is 0.497 e. The number of ether oxygens (including phenoxy) is 2. The normalized spacial score (nSPS) is 24.3. The molecule has 7 nitrogen and oxygen atoms in total. The van der Waals surface area contributed by atoms with Crippen molar-refractivity contribution in [1.29, 1.82) is 0 Å². The van der Waals surface area contributed by atoms with E-state index in [-0.39, 0.29) is 23.0 Å². The Morgan fingerprint density at radius 1 is 0.950 bits per heavy atom. The molecule has 4 atom stereocenters. The van der Waals surface area contributed by atoms with Crippen molar-refractivity contribution < 1.29 is 23.9 Å². The van der Waals surface area contributed by atoms with E-state index >= 15 is 0 Å². The van der Waals surface area contributed by atoms with E-state index in [1.807, 2.05) is 86.4 Å². The third-order valence-corrected chi connectivity index (χ3v) is 8.50. The predicted octanol–water partition coefficient (Wildman–Crippen LogP) is 5.29. The molecule has 0 bridgehead atoms. The van der Waals surface area contributed by atoms with Crippen LogP contribution in [0.1, 0.15) is 42.3 Å². The molecule has 6 rings (SSSR count). The number of para-hydroxylation sites is 2. The van der Waals surface area contributed by atoms with E-state index in [1.165, 1.54) is 14.2 Å². The van der Waals surface area contributed by atoms with Gasteiger partial charge in [-0.2, -0.15) is 0 Å². The average Bonchev–Trinajstić information content (AvgIpc) is 3.43. The van der Waals surface area contributed by atoms with E-state index < -0.39 is 28.8 Å². The fourth-order valence-electron chi connectivity index (χ4n) is 6.74. The number of amides is 1. The van der Waals surface area contributed by atoms with Crippen LogP contribution >= 0.6 is 0 Å². The van der Waals surface area contributed by atoms with E-state index in [2.05, 4.69) is 5.32 Å². The zero-order valence-electron chi connectivity index (χ0n) is 23.2. The highest BCUT2D eigenvalue weighted by Crippen LogP contribution is 2.58. The second-order valence-electron chi connectivity index (χ2n) is 11.6. The van der Waals surface area contributed by atoms with E-state index in [0.717, 1.165) is 11.3 Å². The fourth-order valence-corrected chi connectivity index (χ4v) is 6.74. The SMILES string of the molecule is COc1ccc(OC)c(C(=O)[C@H]2[C@H](C(=O)C(C)(C)C)N3c4ccccc4C=C[C@@H]3[C@@]23C(=O)Nc2ccccc23)c1. The van der Waals surface area contributed by atoms with Crippen molar-refractivity contribution in [2.24, 2.45) is 11.3 Å². The number of methoxy groups -OCH3 is 2. The molecule has 3 aromatic rings. The van der Waals surface area contributed by atoms with E-state index in [4.69, 9.17) is 9.47 Å². The number of anilines is 2. The van der Waals surface area contributed by atoms with Gasteiger partial charge < -0.3 is 19.7 Å². The minimum Gasteiger partial charge on any atom is -0.497 e. The Bertz CT molecular complexity index is 1590. The summed E-state index contributed by atoms with van der Waals surface area (Å²) in [5.74, 6) is -0.964. The monoisotopic (exact) mass is 536 g/mol. The number of hydrogen-bond donors (Lipinski definition) is 1. The zero-order chi connectivity index (χ0) is 28.4. The summed E-state index contributed by atoms with van der Waals surface area (Å²) in [6.45, 7) is 5.58. The summed E-state index contributed by atoms with van der Waals surface area (Å²) in [5, 5.41) is 3.05. The molecule has 1 N–H and O–H groups in total. The summed E-state index contributed by atoms with van der Waals surface area (Å²) < 4.78 is 11.1. The number of nitrogens with one attached hydrogen (secondary N) is 1. The van der Waals surface area contributed by atoms with Gasteiger partial charge in [-0.25, -0.2) is 0 Å². The summed E-state index contributed by atoms with van der Waals surface area (Å²) in [6, 6.07) is 18.8. The van der Waals surface area contributed by atoms with Crippen LogP contribution in [0.2, 0.25) is 0 Å². The minimum absolute atomic E-state index is 0.114. The van der Waals surface area contributed by atoms with Crippen molar-refractivity contribution in [3.63, 3.8) is 0 Å². The molecule has 0 aromatic heterocycles. The van der Waals surface area contributed by atoms with Crippen LogP contribution in [0, 0.1) is 11.3 Å². The van der Waals surface area contributed by atoms with E-state index in [0.29, 0.717) is 22.7 Å². The minimum atomic E-state index is -1.36. The molecule has 0 unspecified atom stereocenters. The summed E-state index contributed by atoms with van der Waals surface area (Å²) in [7, 11) is 3.03. The summed E-state index contributed by atoms with van der Waals surface area (Å²) in [4.78, 5) is 45.9. The van der Waals surface area contributed by atoms with Crippen molar-refractivity contribution in [3.8, 4) is 11.5 Å². The summed E-state index contributed by atoms with van der Waals surface area (Å²) in [5.41, 5.74) is 1.23. The van der Waals surface area contributed by atoms with Crippen molar-refractivity contribution in [2.75, 3.05) is 24.4 Å². The van der Waals surface area contributed by atoms with Gasteiger partial charge in [0.1, 0.15) is 23.0 Å². The lowest BCUT2D eigenvalue weighted by Crippen LogP contribution is -2.51. The molecule has 1 fully saturated rings. The summed E-state index contributed by atoms with van der Waals surface area (Å²) >= 11 is 0. The third-order valence-electron chi connectivity index (χ3n) is 8.50. The number of Topliss-reactive ketones (excluding diaryl/α,β-unsaturated/α-hetero) is 2. The molecule has 1 spiro atoms. The molecule has 3 aliphatic heterocycles. The number of benzene rings is 3. The third kappa shape index (κ3) is 3.46.